The molecule has 0 aliphatic heterocycles. The molecule has 5 heteroatoms. The maximum absolute atomic E-state index is 8.74. The van der Waals surface area contributed by atoms with Gasteiger partial charge in [-0.3, -0.25) is 4.57 Å². The van der Waals surface area contributed by atoms with Crippen molar-refractivity contribution in [1.82, 2.24) is 0 Å². The van der Waals surface area contributed by atoms with Crippen molar-refractivity contribution in [3.05, 3.63) is 34.9 Å². The first-order valence-electron chi connectivity index (χ1n) is 7.94. The topological polar surface area (TPSA) is 57.5 Å². The molecule has 1 aromatic carbocycles. The van der Waals surface area contributed by atoms with Gasteiger partial charge in [0.25, 0.3) is 0 Å². The van der Waals surface area contributed by atoms with Crippen molar-refractivity contribution in [3.63, 3.8) is 0 Å². The largest absolute Gasteiger partial charge is 0.326 e. The summed E-state index contributed by atoms with van der Waals surface area (Å²) in [6, 6.07) is 7.33. The van der Waals surface area contributed by atoms with E-state index in [0.29, 0.717) is 0 Å². The van der Waals surface area contributed by atoms with Crippen LogP contribution in [0.25, 0.3) is 0 Å². The van der Waals surface area contributed by atoms with Crippen LogP contribution in [0.1, 0.15) is 65.2 Å². The summed E-state index contributed by atoms with van der Waals surface area (Å²) >= 11 is -0.311. The van der Waals surface area contributed by atoms with Gasteiger partial charge in [0.15, 0.2) is 0 Å². The smallest absolute Gasteiger partial charge is 0.314 e. The van der Waals surface area contributed by atoms with E-state index in [0.717, 1.165) is 0 Å². The summed E-state index contributed by atoms with van der Waals surface area (Å²) in [7, 11) is -3.13. The van der Waals surface area contributed by atoms with Crippen LogP contribution in [0, 0.1) is 0 Å². The predicted molar refractivity (Wildman–Crippen MR) is 97.2 cm³/mol. The SMILES string of the molecule is C[CH2][Ca][CH2]c1cc(C(C)(C)C)cc(C(C)(C)C)c1.O=[PH](O)O. The van der Waals surface area contributed by atoms with E-state index < -0.39 is 8.25 Å². The van der Waals surface area contributed by atoms with Crippen LogP contribution in [0.2, 0.25) is 2.52 Å². The average molecular weight is 354 g/mol. The Bertz CT molecular complexity index is 451. The van der Waals surface area contributed by atoms with Crippen molar-refractivity contribution in [1.29, 1.82) is 0 Å². The zero-order valence-electron chi connectivity index (χ0n) is 15.2. The summed E-state index contributed by atoms with van der Waals surface area (Å²) in [4.78, 5) is 14.3. The van der Waals surface area contributed by atoms with Crippen LogP contribution in [0.3, 0.4) is 0 Å². The van der Waals surface area contributed by atoms with E-state index in [4.69, 9.17) is 14.4 Å². The Morgan fingerprint density at radius 3 is 1.59 bits per heavy atom. The fourth-order valence-corrected chi connectivity index (χ4v) is 3.72. The Morgan fingerprint density at radius 2 is 1.32 bits per heavy atom. The summed E-state index contributed by atoms with van der Waals surface area (Å²) in [5, 5.41) is 0. The summed E-state index contributed by atoms with van der Waals surface area (Å²) in [5.41, 5.74) is 5.12. The maximum Gasteiger partial charge on any atom is 0.314 e. The molecule has 0 radical (unpaired) electrons. The molecule has 0 bridgehead atoms. The number of rotatable bonds is 3. The average Bonchev–Trinajstić information content (AvgIpc) is 2.33. The van der Waals surface area contributed by atoms with E-state index in [9.17, 15) is 0 Å². The standard InChI is InChI=1S/C15H23.C2H5.Ca.H3O3P/c1-11-8-12(14(2,3)4)10-13(9-11)15(5,6)7;1-2;;1-4(2)3/h8-10H,1H2,2-7H3;1H2,2H3;;4H,(H2,1,2,3). The second-order valence-corrected chi connectivity index (χ2v) is 11.8. The van der Waals surface area contributed by atoms with E-state index in [1.54, 1.807) is 5.56 Å². The summed E-state index contributed by atoms with van der Waals surface area (Å²) in [6.45, 7) is 16.3. The molecule has 0 spiro atoms. The van der Waals surface area contributed by atoms with Crippen LogP contribution in [-0.2, 0) is 17.9 Å². The first-order chi connectivity index (χ1) is 9.87. The van der Waals surface area contributed by atoms with Crippen LogP contribution in [0.15, 0.2) is 18.2 Å². The number of hydrogen-bond donors (Lipinski definition) is 2. The van der Waals surface area contributed by atoms with Gasteiger partial charge in [-0.15, -0.1) is 0 Å². The molecule has 0 fully saturated rings. The number of benzene rings is 1. The van der Waals surface area contributed by atoms with E-state index in [2.05, 4.69) is 66.7 Å². The molecule has 0 atom stereocenters. The molecule has 2 N–H and O–H groups in total. The summed E-state index contributed by atoms with van der Waals surface area (Å²) < 4.78 is 11.6. The van der Waals surface area contributed by atoms with Crippen molar-refractivity contribution in [3.8, 4) is 0 Å². The fourth-order valence-electron chi connectivity index (χ4n) is 2.08. The molecule has 3 nitrogen and oxygen atoms in total. The zero-order valence-corrected chi connectivity index (χ0v) is 18.4. The van der Waals surface area contributed by atoms with Crippen molar-refractivity contribution >= 4 is 42.1 Å². The van der Waals surface area contributed by atoms with Crippen LogP contribution in [-0.4, -0.2) is 43.6 Å². The molecule has 1 aromatic rings. The molecule has 22 heavy (non-hydrogen) atoms. The maximum atomic E-state index is 8.74. The third kappa shape index (κ3) is 9.70. The first-order valence-corrected chi connectivity index (χ1v) is 12.4. The monoisotopic (exact) mass is 354 g/mol. The Morgan fingerprint density at radius 1 is 0.955 bits per heavy atom. The minimum atomic E-state index is -3.13. The molecule has 0 amide bonds. The molecule has 0 heterocycles. The van der Waals surface area contributed by atoms with Crippen molar-refractivity contribution in [2.75, 3.05) is 0 Å². The minimum Gasteiger partial charge on any atom is -0.326 e. The van der Waals surface area contributed by atoms with E-state index in [-0.39, 0.29) is 44.7 Å². The molecule has 124 valence electrons. The van der Waals surface area contributed by atoms with Crippen LogP contribution in [0.4, 0.5) is 0 Å². The molecule has 0 aliphatic carbocycles. The summed E-state index contributed by atoms with van der Waals surface area (Å²) in [5.74, 6) is 0. The Kier molecular flexibility index (Phi) is 10.1. The van der Waals surface area contributed by atoms with Gasteiger partial charge in [0, 0.05) is 0 Å². The van der Waals surface area contributed by atoms with Crippen molar-refractivity contribution in [2.24, 2.45) is 0 Å². The summed E-state index contributed by atoms with van der Waals surface area (Å²) in [6.07, 6.45) is 0. The van der Waals surface area contributed by atoms with Crippen molar-refractivity contribution < 1.29 is 14.4 Å². The second kappa shape index (κ2) is 9.81. The van der Waals surface area contributed by atoms with Crippen LogP contribution >= 0.6 is 8.25 Å². The molecule has 0 saturated carbocycles. The first kappa shape index (κ1) is 22.6. The van der Waals surface area contributed by atoms with Gasteiger partial charge < -0.3 is 9.79 Å². The zero-order chi connectivity index (χ0) is 17.6. The predicted octanol–water partition coefficient (Wildman–Crippen LogP) is 4.28. The Hall–Kier alpha value is 0.630. The van der Waals surface area contributed by atoms with Crippen LogP contribution < -0.4 is 0 Å². The van der Waals surface area contributed by atoms with E-state index in [1.807, 2.05) is 0 Å². The van der Waals surface area contributed by atoms with Gasteiger partial charge in [-0.1, -0.05) is 0 Å². The van der Waals surface area contributed by atoms with Gasteiger partial charge in [-0.2, -0.15) is 0 Å². The quantitative estimate of drug-likeness (QED) is 0.629. The minimum absolute atomic E-state index is 0.259. The Labute approximate surface area is 154 Å². The van der Waals surface area contributed by atoms with Gasteiger partial charge in [-0.25, -0.2) is 0 Å². The molecule has 0 aliphatic rings. The van der Waals surface area contributed by atoms with E-state index >= 15 is 0 Å². The third-order valence-electron chi connectivity index (χ3n) is 3.54. The second-order valence-electron chi connectivity index (χ2n) is 7.80. The van der Waals surface area contributed by atoms with Gasteiger partial charge in [0.05, 0.1) is 0 Å². The molecule has 0 unspecified atom stereocenters. The molecule has 1 rings (SSSR count). The normalized spacial score (nSPS) is 11.7. The van der Waals surface area contributed by atoms with Gasteiger partial charge in [0.1, 0.15) is 0 Å². The molecule has 0 aromatic heterocycles. The van der Waals surface area contributed by atoms with Gasteiger partial charge in [-0.05, 0) is 0 Å². The van der Waals surface area contributed by atoms with Gasteiger partial charge >= 0.3 is 141 Å². The molecular formula is C17H31CaO3P. The number of hydrogen-bond acceptors (Lipinski definition) is 1. The molecular weight excluding hydrogens is 323 g/mol. The van der Waals surface area contributed by atoms with E-state index in [1.165, 1.54) is 16.2 Å². The Balaban J connectivity index is 0.000000980. The fraction of sp³-hybridized carbons (Fsp3) is 0.647. The van der Waals surface area contributed by atoms with Crippen LogP contribution in [0.5, 0.6) is 0 Å². The van der Waals surface area contributed by atoms with Crippen molar-refractivity contribution in [2.45, 2.75) is 64.3 Å². The van der Waals surface area contributed by atoms with Gasteiger partial charge in [0.2, 0.25) is 0 Å². The molecule has 0 saturated heterocycles. The third-order valence-corrected chi connectivity index (χ3v) is 6.10.